The predicted octanol–water partition coefficient (Wildman–Crippen LogP) is 3.22. The lowest BCUT2D eigenvalue weighted by atomic mass is 10.1. The van der Waals surface area contributed by atoms with Crippen molar-refractivity contribution in [2.45, 2.75) is 0 Å². The average Bonchev–Trinajstić information content (AvgIpc) is 3.10. The summed E-state index contributed by atoms with van der Waals surface area (Å²) in [5, 5.41) is 20.8. The number of carboxylic acid groups (broad SMARTS) is 1. The molecule has 0 aliphatic rings. The molecule has 0 radical (unpaired) electrons. The molecule has 0 spiro atoms. The fourth-order valence-corrected chi connectivity index (χ4v) is 3.07. The van der Waals surface area contributed by atoms with E-state index in [-0.39, 0.29) is 11.1 Å². The summed E-state index contributed by atoms with van der Waals surface area (Å²) >= 11 is 1.22. The van der Waals surface area contributed by atoms with E-state index in [2.05, 4.69) is 15.5 Å². The third kappa shape index (κ3) is 3.70. The maximum absolute atomic E-state index is 12.4. The molecule has 0 aliphatic carbocycles. The Labute approximate surface area is 153 Å². The number of hydrogen-bond acceptors (Lipinski definition) is 6. The second kappa shape index (κ2) is 7.32. The van der Waals surface area contributed by atoms with Crippen LogP contribution in [0.5, 0.6) is 0 Å². The van der Waals surface area contributed by atoms with Crippen molar-refractivity contribution < 1.29 is 14.7 Å². The van der Waals surface area contributed by atoms with Crippen molar-refractivity contribution in [3.63, 3.8) is 0 Å². The Morgan fingerprint density at radius 2 is 1.65 bits per heavy atom. The van der Waals surface area contributed by atoms with Crippen LogP contribution in [0.2, 0.25) is 0 Å². The summed E-state index contributed by atoms with van der Waals surface area (Å²) < 4.78 is 0. The Balaban J connectivity index is 1.78. The smallest absolute Gasteiger partial charge is 0.336 e. The summed E-state index contributed by atoms with van der Waals surface area (Å²) in [6.45, 7) is 0. The van der Waals surface area contributed by atoms with E-state index in [1.54, 1.807) is 12.1 Å². The summed E-state index contributed by atoms with van der Waals surface area (Å²) in [5.41, 5.74) is 1.97. The highest BCUT2D eigenvalue weighted by Gasteiger charge is 2.17. The number of amides is 1. The first-order chi connectivity index (χ1) is 12.5. The van der Waals surface area contributed by atoms with Crippen LogP contribution in [0.25, 0.3) is 10.6 Å². The van der Waals surface area contributed by atoms with Crippen molar-refractivity contribution in [3.05, 3.63) is 59.7 Å². The molecule has 0 saturated carbocycles. The predicted molar refractivity (Wildman–Crippen MR) is 101 cm³/mol. The molecule has 0 bridgehead atoms. The van der Waals surface area contributed by atoms with Gasteiger partial charge < -0.3 is 10.0 Å². The molecule has 0 unspecified atom stereocenters. The van der Waals surface area contributed by atoms with Crippen molar-refractivity contribution >= 4 is 34.0 Å². The molecule has 1 amide bonds. The number of anilines is 2. The zero-order valence-corrected chi connectivity index (χ0v) is 14.9. The van der Waals surface area contributed by atoms with Gasteiger partial charge in [0, 0.05) is 25.3 Å². The number of benzene rings is 2. The van der Waals surface area contributed by atoms with Crippen LogP contribution in [-0.4, -0.2) is 41.3 Å². The minimum Gasteiger partial charge on any atom is -0.478 e. The minimum atomic E-state index is -1.16. The summed E-state index contributed by atoms with van der Waals surface area (Å²) in [6.07, 6.45) is 0. The molecule has 3 aromatic rings. The zero-order valence-electron chi connectivity index (χ0n) is 14.1. The average molecular weight is 368 g/mol. The zero-order chi connectivity index (χ0) is 18.7. The number of carboxylic acids is 1. The monoisotopic (exact) mass is 368 g/mol. The van der Waals surface area contributed by atoms with Gasteiger partial charge in [-0.05, 0) is 36.4 Å². The summed E-state index contributed by atoms with van der Waals surface area (Å²) in [5.74, 6) is -1.69. The molecule has 0 saturated heterocycles. The molecular formula is C18H16N4O3S. The van der Waals surface area contributed by atoms with Gasteiger partial charge in [-0.25, -0.2) is 4.79 Å². The van der Waals surface area contributed by atoms with E-state index < -0.39 is 11.9 Å². The van der Waals surface area contributed by atoms with Gasteiger partial charge in [0.2, 0.25) is 5.13 Å². The third-order valence-electron chi connectivity index (χ3n) is 3.68. The summed E-state index contributed by atoms with van der Waals surface area (Å²) in [7, 11) is 3.92. The molecule has 1 aromatic heterocycles. The third-order valence-corrected chi connectivity index (χ3v) is 4.57. The first-order valence-electron chi connectivity index (χ1n) is 7.70. The Hall–Kier alpha value is -3.26. The lowest BCUT2D eigenvalue weighted by Crippen LogP contribution is -2.16. The van der Waals surface area contributed by atoms with Gasteiger partial charge in [-0.1, -0.05) is 23.5 Å². The molecule has 2 aromatic carbocycles. The quantitative estimate of drug-likeness (QED) is 0.718. The molecule has 26 heavy (non-hydrogen) atoms. The molecule has 7 nitrogen and oxygen atoms in total. The van der Waals surface area contributed by atoms with Gasteiger partial charge in [0.15, 0.2) is 0 Å². The molecule has 2 N–H and O–H groups in total. The number of nitrogens with one attached hydrogen (secondary N) is 1. The van der Waals surface area contributed by atoms with Crippen LogP contribution < -0.4 is 10.2 Å². The van der Waals surface area contributed by atoms with Crippen LogP contribution >= 0.6 is 11.3 Å². The first-order valence-corrected chi connectivity index (χ1v) is 8.52. The van der Waals surface area contributed by atoms with Gasteiger partial charge >= 0.3 is 5.97 Å². The fourth-order valence-electron chi connectivity index (χ4n) is 2.32. The van der Waals surface area contributed by atoms with Crippen LogP contribution in [0.4, 0.5) is 10.8 Å². The Morgan fingerprint density at radius 1 is 1.00 bits per heavy atom. The molecule has 1 heterocycles. The van der Waals surface area contributed by atoms with E-state index in [1.165, 1.54) is 23.5 Å². The van der Waals surface area contributed by atoms with Gasteiger partial charge in [0.05, 0.1) is 11.1 Å². The number of rotatable bonds is 5. The highest BCUT2D eigenvalue weighted by Crippen LogP contribution is 2.28. The SMILES string of the molecule is CN(C)c1ccc(-c2nnc(NC(=O)c3ccccc3C(=O)O)s2)cc1. The number of hydrogen-bond donors (Lipinski definition) is 2. The number of carbonyl (C=O) groups excluding carboxylic acids is 1. The number of aromatic nitrogens is 2. The minimum absolute atomic E-state index is 0.0611. The van der Waals surface area contributed by atoms with Gasteiger partial charge in [-0.15, -0.1) is 10.2 Å². The topological polar surface area (TPSA) is 95.4 Å². The Bertz CT molecular complexity index is 951. The largest absolute Gasteiger partial charge is 0.478 e. The van der Waals surface area contributed by atoms with Gasteiger partial charge in [-0.3, -0.25) is 10.1 Å². The van der Waals surface area contributed by atoms with E-state index in [0.29, 0.717) is 10.1 Å². The van der Waals surface area contributed by atoms with Crippen LogP contribution in [0.1, 0.15) is 20.7 Å². The fraction of sp³-hybridized carbons (Fsp3) is 0.111. The van der Waals surface area contributed by atoms with E-state index >= 15 is 0 Å². The highest BCUT2D eigenvalue weighted by molar-refractivity contribution is 7.18. The molecule has 0 atom stereocenters. The van der Waals surface area contributed by atoms with Crippen LogP contribution in [0, 0.1) is 0 Å². The summed E-state index contributed by atoms with van der Waals surface area (Å²) in [4.78, 5) is 25.6. The Kier molecular flexibility index (Phi) is 4.94. The number of carbonyl (C=O) groups is 2. The molecule has 0 fully saturated rings. The lowest BCUT2D eigenvalue weighted by molar-refractivity contribution is 0.0692. The van der Waals surface area contributed by atoms with E-state index in [0.717, 1.165) is 11.3 Å². The molecule has 3 rings (SSSR count). The second-order valence-corrected chi connectivity index (χ2v) is 6.64. The van der Waals surface area contributed by atoms with Crippen molar-refractivity contribution in [1.29, 1.82) is 0 Å². The van der Waals surface area contributed by atoms with Crippen molar-refractivity contribution in [1.82, 2.24) is 10.2 Å². The van der Waals surface area contributed by atoms with E-state index in [1.807, 2.05) is 43.3 Å². The van der Waals surface area contributed by atoms with Crippen LogP contribution in [-0.2, 0) is 0 Å². The van der Waals surface area contributed by atoms with Crippen molar-refractivity contribution in [2.75, 3.05) is 24.3 Å². The second-order valence-electron chi connectivity index (χ2n) is 5.66. The number of nitrogens with zero attached hydrogens (tertiary/aromatic N) is 3. The maximum Gasteiger partial charge on any atom is 0.336 e. The highest BCUT2D eigenvalue weighted by atomic mass is 32.1. The van der Waals surface area contributed by atoms with Gasteiger partial charge in [0.1, 0.15) is 5.01 Å². The van der Waals surface area contributed by atoms with Gasteiger partial charge in [-0.2, -0.15) is 0 Å². The molecule has 8 heteroatoms. The standard InChI is InChI=1S/C18H16N4O3S/c1-22(2)12-9-7-11(8-10-12)16-20-21-18(26-16)19-15(23)13-5-3-4-6-14(13)17(24)25/h3-10H,1-2H3,(H,24,25)(H,19,21,23). The Morgan fingerprint density at radius 3 is 2.27 bits per heavy atom. The normalized spacial score (nSPS) is 10.4. The van der Waals surface area contributed by atoms with Crippen molar-refractivity contribution in [2.24, 2.45) is 0 Å². The number of aromatic carboxylic acids is 1. The van der Waals surface area contributed by atoms with Crippen LogP contribution in [0.15, 0.2) is 48.5 Å². The molecule has 132 valence electrons. The molecule has 0 aliphatic heterocycles. The van der Waals surface area contributed by atoms with Gasteiger partial charge in [0.25, 0.3) is 5.91 Å². The lowest BCUT2D eigenvalue weighted by Gasteiger charge is -2.11. The van der Waals surface area contributed by atoms with Crippen LogP contribution in [0.3, 0.4) is 0 Å². The first kappa shape index (κ1) is 17.6. The maximum atomic E-state index is 12.4. The summed E-state index contributed by atoms with van der Waals surface area (Å²) in [6, 6.07) is 13.8. The van der Waals surface area contributed by atoms with E-state index in [9.17, 15) is 14.7 Å². The van der Waals surface area contributed by atoms with E-state index in [4.69, 9.17) is 0 Å². The van der Waals surface area contributed by atoms with Crippen molar-refractivity contribution in [3.8, 4) is 10.6 Å². The molecular weight excluding hydrogens is 352 g/mol.